The Bertz CT molecular complexity index is 1280. The van der Waals surface area contributed by atoms with E-state index in [1.54, 1.807) is 12.1 Å². The van der Waals surface area contributed by atoms with Gasteiger partial charge >= 0.3 is 5.97 Å². The molecule has 1 N–H and O–H groups in total. The van der Waals surface area contributed by atoms with E-state index >= 15 is 0 Å². The summed E-state index contributed by atoms with van der Waals surface area (Å²) in [6.45, 7) is 1.42. The second-order valence-corrected chi connectivity index (χ2v) is 9.94. The molecule has 1 atom stereocenters. The van der Waals surface area contributed by atoms with E-state index in [9.17, 15) is 18.0 Å². The lowest BCUT2D eigenvalue weighted by Crippen LogP contribution is -2.30. The van der Waals surface area contributed by atoms with E-state index in [0.29, 0.717) is 5.69 Å². The number of hydrogen-bond donors (Lipinski definition) is 1. The van der Waals surface area contributed by atoms with E-state index in [0.717, 1.165) is 21.5 Å². The van der Waals surface area contributed by atoms with Gasteiger partial charge in [-0.1, -0.05) is 60.1 Å². The second-order valence-electron chi connectivity index (χ2n) is 7.38. The second kappa shape index (κ2) is 10.2. The van der Waals surface area contributed by atoms with Crippen LogP contribution in [0.15, 0.2) is 77.7 Å². The highest BCUT2D eigenvalue weighted by Crippen LogP contribution is 2.28. The van der Waals surface area contributed by atoms with Crippen molar-refractivity contribution in [3.05, 3.63) is 83.4 Å². The number of anilines is 1. The number of nitrogens with zero attached hydrogens (tertiary/aromatic N) is 1. The molecule has 0 spiro atoms. The van der Waals surface area contributed by atoms with Gasteiger partial charge in [0.15, 0.2) is 6.10 Å². The number of ether oxygens (including phenoxy) is 1. The molecule has 1 amide bonds. The molecule has 33 heavy (non-hydrogen) atoms. The van der Waals surface area contributed by atoms with E-state index in [1.165, 1.54) is 33.2 Å². The molecule has 0 saturated carbocycles. The Kier molecular flexibility index (Phi) is 7.53. The lowest BCUT2D eigenvalue weighted by molar-refractivity contribution is -0.123. The van der Waals surface area contributed by atoms with Gasteiger partial charge in [0.1, 0.15) is 0 Å². The van der Waals surface area contributed by atoms with Crippen LogP contribution >= 0.6 is 11.6 Å². The lowest BCUT2D eigenvalue weighted by atomic mass is 10.0. The van der Waals surface area contributed by atoms with Crippen LogP contribution in [0.5, 0.6) is 0 Å². The number of hydrogen-bond acceptors (Lipinski definition) is 5. The maximum absolute atomic E-state index is 12.7. The number of nitrogens with one attached hydrogen (secondary N) is 1. The van der Waals surface area contributed by atoms with E-state index < -0.39 is 28.0 Å². The van der Waals surface area contributed by atoms with Gasteiger partial charge < -0.3 is 10.1 Å². The molecule has 0 unspecified atom stereocenters. The molecule has 3 aromatic rings. The number of carbonyl (C=O) groups is 2. The third-order valence-electron chi connectivity index (χ3n) is 4.86. The predicted molar refractivity (Wildman–Crippen MR) is 128 cm³/mol. The van der Waals surface area contributed by atoms with Crippen LogP contribution in [-0.2, 0) is 19.6 Å². The van der Waals surface area contributed by atoms with Crippen molar-refractivity contribution in [1.29, 1.82) is 0 Å². The number of carbonyl (C=O) groups excluding carboxylic acids is 2. The largest absolute Gasteiger partial charge is 0.449 e. The molecule has 0 fully saturated rings. The van der Waals surface area contributed by atoms with Gasteiger partial charge in [-0.05, 0) is 36.8 Å². The summed E-state index contributed by atoms with van der Waals surface area (Å²) >= 11 is 6.09. The Balaban J connectivity index is 1.77. The molecule has 0 aliphatic carbocycles. The zero-order chi connectivity index (χ0) is 24.2. The molecule has 172 valence electrons. The summed E-state index contributed by atoms with van der Waals surface area (Å²) in [5, 5.41) is 2.79. The molecule has 0 aromatic heterocycles. The molecule has 0 bridgehead atoms. The van der Waals surface area contributed by atoms with Gasteiger partial charge in [0.05, 0.1) is 15.5 Å². The van der Waals surface area contributed by atoms with Crippen LogP contribution in [0.4, 0.5) is 5.69 Å². The molecule has 0 radical (unpaired) electrons. The summed E-state index contributed by atoms with van der Waals surface area (Å²) in [6.07, 6.45) is -1.16. The van der Waals surface area contributed by atoms with Crippen molar-refractivity contribution in [2.24, 2.45) is 0 Å². The first-order valence-electron chi connectivity index (χ1n) is 9.99. The summed E-state index contributed by atoms with van der Waals surface area (Å²) in [6, 6.07) is 20.5. The fourth-order valence-corrected chi connectivity index (χ4v) is 4.13. The third kappa shape index (κ3) is 5.60. The van der Waals surface area contributed by atoms with Crippen molar-refractivity contribution < 1.29 is 22.7 Å². The van der Waals surface area contributed by atoms with Gasteiger partial charge in [0.2, 0.25) is 10.0 Å². The molecular weight excluding hydrogens is 464 g/mol. The van der Waals surface area contributed by atoms with Gasteiger partial charge in [-0.25, -0.2) is 17.5 Å². The molecule has 0 saturated heterocycles. The average Bonchev–Trinajstić information content (AvgIpc) is 2.79. The SMILES string of the molecule is C[C@H](OC(=O)c1cc(S(=O)(=O)N(C)C)ccc1Cl)C(=O)Nc1ccccc1-c1ccccc1. The van der Waals surface area contributed by atoms with Crippen molar-refractivity contribution in [2.45, 2.75) is 17.9 Å². The topological polar surface area (TPSA) is 92.8 Å². The number of para-hydroxylation sites is 1. The van der Waals surface area contributed by atoms with Gasteiger partial charge in [0, 0.05) is 25.3 Å². The number of amides is 1. The minimum absolute atomic E-state index is 0.0136. The van der Waals surface area contributed by atoms with Crippen LogP contribution < -0.4 is 5.32 Å². The Morgan fingerprint density at radius 1 is 0.970 bits per heavy atom. The average molecular weight is 487 g/mol. The minimum atomic E-state index is -3.78. The zero-order valence-corrected chi connectivity index (χ0v) is 19.9. The standard InChI is InChI=1S/C24H23ClN2O5S/c1-16(23(28)26-22-12-8-7-11-19(22)17-9-5-4-6-10-17)32-24(29)20-15-18(13-14-21(20)25)33(30,31)27(2)3/h4-16H,1-3H3,(H,26,28)/t16-/m0/s1. The first kappa shape index (κ1) is 24.4. The number of rotatable bonds is 7. The van der Waals surface area contributed by atoms with Gasteiger partial charge in [-0.2, -0.15) is 0 Å². The van der Waals surface area contributed by atoms with Crippen LogP contribution in [0.2, 0.25) is 5.02 Å². The number of halogens is 1. The summed E-state index contributed by atoms with van der Waals surface area (Å²) in [5.41, 5.74) is 2.15. The molecule has 0 heterocycles. The molecular formula is C24H23ClN2O5S. The van der Waals surface area contributed by atoms with Crippen LogP contribution in [0.3, 0.4) is 0 Å². The Labute approximate surface area is 198 Å². The highest BCUT2D eigenvalue weighted by atomic mass is 35.5. The molecule has 0 aliphatic rings. The Morgan fingerprint density at radius 2 is 1.61 bits per heavy atom. The summed E-state index contributed by atoms with van der Waals surface area (Å²) in [5.74, 6) is -1.45. The Hall–Kier alpha value is -3.20. The lowest BCUT2D eigenvalue weighted by Gasteiger charge is -2.17. The number of sulfonamides is 1. The molecule has 7 nitrogen and oxygen atoms in total. The quantitative estimate of drug-likeness (QED) is 0.498. The highest BCUT2D eigenvalue weighted by molar-refractivity contribution is 7.89. The molecule has 9 heteroatoms. The smallest absolute Gasteiger partial charge is 0.340 e. The van der Waals surface area contributed by atoms with Crippen molar-refractivity contribution in [1.82, 2.24) is 4.31 Å². The van der Waals surface area contributed by atoms with Crippen LogP contribution in [0.25, 0.3) is 11.1 Å². The van der Waals surface area contributed by atoms with Gasteiger partial charge in [-0.15, -0.1) is 0 Å². The molecule has 3 rings (SSSR count). The number of benzene rings is 3. The third-order valence-corrected chi connectivity index (χ3v) is 7.00. The summed E-state index contributed by atoms with van der Waals surface area (Å²) in [7, 11) is -1.03. The number of esters is 1. The van der Waals surface area contributed by atoms with Crippen LogP contribution in [-0.4, -0.2) is 44.8 Å². The van der Waals surface area contributed by atoms with E-state index in [1.807, 2.05) is 42.5 Å². The first-order valence-corrected chi connectivity index (χ1v) is 11.8. The summed E-state index contributed by atoms with van der Waals surface area (Å²) in [4.78, 5) is 25.3. The first-order chi connectivity index (χ1) is 15.6. The predicted octanol–water partition coefficient (Wildman–Crippen LogP) is 4.44. The van der Waals surface area contributed by atoms with Crippen LogP contribution in [0.1, 0.15) is 17.3 Å². The van der Waals surface area contributed by atoms with Crippen molar-refractivity contribution >= 4 is 39.2 Å². The molecule has 0 aliphatic heterocycles. The molecule has 3 aromatic carbocycles. The fraction of sp³-hybridized carbons (Fsp3) is 0.167. The fourth-order valence-electron chi connectivity index (χ4n) is 3.01. The van der Waals surface area contributed by atoms with E-state index in [2.05, 4.69) is 5.32 Å². The van der Waals surface area contributed by atoms with Gasteiger partial charge in [-0.3, -0.25) is 4.79 Å². The highest BCUT2D eigenvalue weighted by Gasteiger charge is 2.24. The van der Waals surface area contributed by atoms with Crippen molar-refractivity contribution in [3.8, 4) is 11.1 Å². The van der Waals surface area contributed by atoms with Crippen molar-refractivity contribution in [2.75, 3.05) is 19.4 Å². The van der Waals surface area contributed by atoms with E-state index in [4.69, 9.17) is 16.3 Å². The van der Waals surface area contributed by atoms with Gasteiger partial charge in [0.25, 0.3) is 5.91 Å². The maximum Gasteiger partial charge on any atom is 0.340 e. The minimum Gasteiger partial charge on any atom is -0.449 e. The maximum atomic E-state index is 12.7. The van der Waals surface area contributed by atoms with Crippen LogP contribution in [0, 0.1) is 0 Å². The monoisotopic (exact) mass is 486 g/mol. The van der Waals surface area contributed by atoms with Crippen molar-refractivity contribution in [3.63, 3.8) is 0 Å². The van der Waals surface area contributed by atoms with E-state index in [-0.39, 0.29) is 15.5 Å². The Morgan fingerprint density at radius 3 is 2.27 bits per heavy atom. The zero-order valence-electron chi connectivity index (χ0n) is 18.3. The normalized spacial score (nSPS) is 12.3. The summed E-state index contributed by atoms with van der Waals surface area (Å²) < 4.78 is 31.0.